The van der Waals surface area contributed by atoms with Crippen LogP contribution in [0.1, 0.15) is 12.8 Å². The summed E-state index contributed by atoms with van der Waals surface area (Å²) in [6, 6.07) is 0. The van der Waals surface area contributed by atoms with E-state index in [1.54, 1.807) is 0 Å². The minimum Gasteiger partial charge on any atom is -0.520 e. The highest BCUT2D eigenvalue weighted by Crippen LogP contribution is 2.04. The highest BCUT2D eigenvalue weighted by molar-refractivity contribution is 6.71. The number of hydrogen-bond acceptors (Lipinski definition) is 2. The van der Waals surface area contributed by atoms with E-state index < -0.39 is 8.32 Å². The summed E-state index contributed by atoms with van der Waals surface area (Å²) in [5.74, 6) is -0.103. The zero-order chi connectivity index (χ0) is 8.20. The first kappa shape index (κ1) is 9.69. The molecule has 0 aromatic rings. The van der Waals surface area contributed by atoms with Crippen LogP contribution in [0, 0.1) is 6.92 Å². The summed E-state index contributed by atoms with van der Waals surface area (Å²) >= 11 is 0. The normalized spacial score (nSPS) is 11.2. The molecule has 0 aromatic carbocycles. The maximum atomic E-state index is 10.8. The van der Waals surface area contributed by atoms with Crippen LogP contribution in [0.3, 0.4) is 0 Å². The molecule has 0 aliphatic carbocycles. The Balaban J connectivity index is 3.58. The third-order valence-corrected chi connectivity index (χ3v) is 1.64. The monoisotopic (exact) mass is 159 g/mol. The predicted octanol–water partition coefficient (Wildman–Crippen LogP) is 1.98. The molecule has 0 saturated heterocycles. The van der Waals surface area contributed by atoms with Gasteiger partial charge in [0.1, 0.15) is 0 Å². The fraction of sp³-hybridized carbons (Fsp3) is 0.714. The Morgan fingerprint density at radius 1 is 1.50 bits per heavy atom. The van der Waals surface area contributed by atoms with Crippen molar-refractivity contribution < 1.29 is 9.22 Å². The van der Waals surface area contributed by atoms with Crippen molar-refractivity contribution in [2.24, 2.45) is 0 Å². The van der Waals surface area contributed by atoms with Gasteiger partial charge in [0, 0.05) is 6.42 Å². The highest BCUT2D eigenvalue weighted by Gasteiger charge is 2.18. The van der Waals surface area contributed by atoms with E-state index in [-0.39, 0.29) is 5.97 Å². The molecule has 0 aliphatic rings. The fourth-order valence-electron chi connectivity index (χ4n) is 0.537. The van der Waals surface area contributed by atoms with Gasteiger partial charge in [-0.1, -0.05) is 6.92 Å². The summed E-state index contributed by atoms with van der Waals surface area (Å²) in [5.41, 5.74) is 0. The molecule has 0 fully saturated rings. The SMILES string of the molecule is [CH2]CCC(=O)O[Si](C)(C)C. The lowest BCUT2D eigenvalue weighted by Crippen LogP contribution is -2.28. The van der Waals surface area contributed by atoms with Crippen LogP contribution >= 0.6 is 0 Å². The molecule has 0 N–H and O–H groups in total. The van der Waals surface area contributed by atoms with E-state index in [1.807, 2.05) is 19.6 Å². The molecule has 0 rings (SSSR count). The van der Waals surface area contributed by atoms with Gasteiger partial charge in [0.2, 0.25) is 8.32 Å². The first-order valence-corrected chi connectivity index (χ1v) is 6.87. The Hall–Kier alpha value is -0.313. The molecule has 0 heterocycles. The minimum absolute atomic E-state index is 0.103. The van der Waals surface area contributed by atoms with E-state index in [0.29, 0.717) is 12.8 Å². The predicted molar refractivity (Wildman–Crippen MR) is 44.0 cm³/mol. The molecule has 1 radical (unpaired) electrons. The molecule has 0 amide bonds. The summed E-state index contributed by atoms with van der Waals surface area (Å²) in [6.45, 7) is 9.55. The van der Waals surface area contributed by atoms with E-state index in [1.165, 1.54) is 0 Å². The quantitative estimate of drug-likeness (QED) is 0.589. The van der Waals surface area contributed by atoms with Crippen molar-refractivity contribution in [2.45, 2.75) is 32.5 Å². The molecular formula is C7H15O2Si. The summed E-state index contributed by atoms with van der Waals surface area (Å²) in [4.78, 5) is 10.8. The molecule has 0 aliphatic heterocycles. The van der Waals surface area contributed by atoms with Gasteiger partial charge in [0.25, 0.3) is 5.97 Å². The zero-order valence-electron chi connectivity index (χ0n) is 6.94. The number of carbonyl (C=O) groups excluding carboxylic acids is 1. The van der Waals surface area contributed by atoms with Crippen molar-refractivity contribution in [3.05, 3.63) is 6.92 Å². The first-order chi connectivity index (χ1) is 4.45. The zero-order valence-corrected chi connectivity index (χ0v) is 7.94. The minimum atomic E-state index is -1.63. The Morgan fingerprint density at radius 2 is 2.00 bits per heavy atom. The fourth-order valence-corrected chi connectivity index (χ4v) is 1.32. The molecule has 2 nitrogen and oxygen atoms in total. The maximum absolute atomic E-state index is 10.8. The van der Waals surface area contributed by atoms with Crippen molar-refractivity contribution in [1.82, 2.24) is 0 Å². The molecular weight excluding hydrogens is 144 g/mol. The van der Waals surface area contributed by atoms with E-state index in [9.17, 15) is 4.79 Å². The number of hydrogen-bond donors (Lipinski definition) is 0. The van der Waals surface area contributed by atoms with Gasteiger partial charge in [-0.15, -0.1) is 0 Å². The van der Waals surface area contributed by atoms with Crippen molar-refractivity contribution in [3.63, 3.8) is 0 Å². The van der Waals surface area contributed by atoms with Crippen LogP contribution in [-0.4, -0.2) is 14.3 Å². The third kappa shape index (κ3) is 5.82. The second-order valence-electron chi connectivity index (χ2n) is 3.19. The summed E-state index contributed by atoms with van der Waals surface area (Å²) in [7, 11) is -1.63. The summed E-state index contributed by atoms with van der Waals surface area (Å²) in [5, 5.41) is 0. The average Bonchev–Trinajstić information content (AvgIpc) is 1.59. The average molecular weight is 159 g/mol. The van der Waals surface area contributed by atoms with Crippen molar-refractivity contribution in [2.75, 3.05) is 0 Å². The van der Waals surface area contributed by atoms with Crippen molar-refractivity contribution in [1.29, 1.82) is 0 Å². The Bertz CT molecular complexity index is 115. The van der Waals surface area contributed by atoms with Crippen LogP contribution in [0.15, 0.2) is 0 Å². The molecule has 59 valence electrons. The van der Waals surface area contributed by atoms with Crippen LogP contribution in [0.4, 0.5) is 0 Å². The van der Waals surface area contributed by atoms with Crippen LogP contribution in [0.2, 0.25) is 19.6 Å². The number of carbonyl (C=O) groups is 1. The largest absolute Gasteiger partial charge is 0.520 e. The maximum Gasteiger partial charge on any atom is 0.292 e. The van der Waals surface area contributed by atoms with Crippen LogP contribution in [0.5, 0.6) is 0 Å². The lowest BCUT2D eigenvalue weighted by Gasteiger charge is -2.16. The van der Waals surface area contributed by atoms with Gasteiger partial charge in [-0.05, 0) is 26.1 Å². The summed E-state index contributed by atoms with van der Waals surface area (Å²) in [6.07, 6.45) is 1.08. The van der Waals surface area contributed by atoms with Crippen molar-refractivity contribution in [3.8, 4) is 0 Å². The van der Waals surface area contributed by atoms with Crippen molar-refractivity contribution >= 4 is 14.3 Å². The standard InChI is InChI=1S/C7H15O2Si/c1-5-6-7(8)9-10(2,3)4/h1,5-6H2,2-4H3. The van der Waals surface area contributed by atoms with E-state index in [4.69, 9.17) is 4.43 Å². The molecule has 0 atom stereocenters. The van der Waals surface area contributed by atoms with E-state index in [2.05, 4.69) is 6.92 Å². The van der Waals surface area contributed by atoms with Gasteiger partial charge in [0.15, 0.2) is 0 Å². The van der Waals surface area contributed by atoms with Gasteiger partial charge < -0.3 is 4.43 Å². The third-order valence-electron chi connectivity index (χ3n) is 0.801. The molecule has 0 saturated carbocycles. The molecule has 0 aromatic heterocycles. The molecule has 10 heavy (non-hydrogen) atoms. The second kappa shape index (κ2) is 3.76. The lowest BCUT2D eigenvalue weighted by molar-refractivity contribution is -0.135. The molecule has 3 heteroatoms. The first-order valence-electron chi connectivity index (χ1n) is 3.47. The topological polar surface area (TPSA) is 26.3 Å². The van der Waals surface area contributed by atoms with Crippen LogP contribution < -0.4 is 0 Å². The van der Waals surface area contributed by atoms with Gasteiger partial charge in [-0.25, -0.2) is 0 Å². The Kier molecular flexibility index (Phi) is 3.64. The Morgan fingerprint density at radius 3 is 2.30 bits per heavy atom. The molecule has 0 bridgehead atoms. The molecule has 0 unspecified atom stereocenters. The highest BCUT2D eigenvalue weighted by atomic mass is 28.4. The van der Waals surface area contributed by atoms with Crippen LogP contribution in [-0.2, 0) is 9.22 Å². The van der Waals surface area contributed by atoms with E-state index >= 15 is 0 Å². The van der Waals surface area contributed by atoms with Gasteiger partial charge in [0.05, 0.1) is 0 Å². The Labute approximate surface area is 63.7 Å². The van der Waals surface area contributed by atoms with Gasteiger partial charge in [-0.3, -0.25) is 4.79 Å². The smallest absolute Gasteiger partial charge is 0.292 e. The van der Waals surface area contributed by atoms with E-state index in [0.717, 1.165) is 0 Å². The molecule has 0 spiro atoms. The van der Waals surface area contributed by atoms with Crippen LogP contribution in [0.25, 0.3) is 0 Å². The number of rotatable bonds is 3. The van der Waals surface area contributed by atoms with Gasteiger partial charge >= 0.3 is 0 Å². The summed E-state index contributed by atoms with van der Waals surface area (Å²) < 4.78 is 5.14. The lowest BCUT2D eigenvalue weighted by atomic mass is 10.4. The van der Waals surface area contributed by atoms with Gasteiger partial charge in [-0.2, -0.15) is 0 Å². The second-order valence-corrected chi connectivity index (χ2v) is 7.62.